The van der Waals surface area contributed by atoms with Crippen molar-refractivity contribution in [1.29, 1.82) is 0 Å². The molecule has 0 radical (unpaired) electrons. The Morgan fingerprint density at radius 1 is 1.10 bits per heavy atom. The third kappa shape index (κ3) is 3.85. The number of carbonyl (C=O) groups excluding carboxylic acids is 2. The number of nitrogens with zero attached hydrogens (tertiary/aromatic N) is 3. The summed E-state index contributed by atoms with van der Waals surface area (Å²) < 4.78 is 0. The van der Waals surface area contributed by atoms with Crippen LogP contribution in [0.1, 0.15) is 10.4 Å². The van der Waals surface area contributed by atoms with E-state index in [0.29, 0.717) is 11.4 Å². The first kappa shape index (κ1) is 14.6. The van der Waals surface area contributed by atoms with Crippen molar-refractivity contribution in [2.24, 2.45) is 0 Å². The first-order chi connectivity index (χ1) is 10.1. The van der Waals surface area contributed by atoms with Crippen molar-refractivity contribution in [2.45, 2.75) is 0 Å². The number of aromatic nitrogens is 2. The molecule has 21 heavy (non-hydrogen) atoms. The first-order valence-electron chi connectivity index (χ1n) is 6.44. The van der Waals surface area contributed by atoms with Gasteiger partial charge in [0.05, 0.1) is 12.1 Å². The van der Waals surface area contributed by atoms with Crippen LogP contribution in [0.5, 0.6) is 0 Å². The van der Waals surface area contributed by atoms with Gasteiger partial charge in [-0.05, 0) is 0 Å². The smallest absolute Gasteiger partial charge is 0.254 e. The molecule has 0 saturated heterocycles. The molecule has 2 aromatic rings. The molecule has 0 unspecified atom stereocenters. The molecule has 0 spiro atoms. The van der Waals surface area contributed by atoms with Crippen LogP contribution >= 0.6 is 0 Å². The van der Waals surface area contributed by atoms with E-state index in [1.54, 1.807) is 14.1 Å². The highest BCUT2D eigenvalue weighted by Gasteiger charge is 2.10. The predicted octanol–water partition coefficient (Wildman–Crippen LogP) is 0.962. The third-order valence-corrected chi connectivity index (χ3v) is 2.84. The van der Waals surface area contributed by atoms with Crippen LogP contribution in [0.2, 0.25) is 0 Å². The van der Waals surface area contributed by atoms with E-state index in [0.717, 1.165) is 5.56 Å². The van der Waals surface area contributed by atoms with Gasteiger partial charge < -0.3 is 10.2 Å². The maximum absolute atomic E-state index is 11.9. The number of amides is 2. The lowest BCUT2D eigenvalue weighted by Gasteiger charge is -2.10. The third-order valence-electron chi connectivity index (χ3n) is 2.84. The Bertz CT molecular complexity index is 624. The van der Waals surface area contributed by atoms with Crippen molar-refractivity contribution in [3.05, 3.63) is 48.3 Å². The number of carbonyl (C=O) groups is 2. The van der Waals surface area contributed by atoms with Crippen molar-refractivity contribution in [2.75, 3.05) is 20.6 Å². The van der Waals surface area contributed by atoms with Crippen LogP contribution in [-0.2, 0) is 4.79 Å². The van der Waals surface area contributed by atoms with Crippen molar-refractivity contribution in [1.82, 2.24) is 20.2 Å². The fourth-order valence-corrected chi connectivity index (χ4v) is 1.60. The quantitative estimate of drug-likeness (QED) is 0.907. The highest BCUT2D eigenvalue weighted by atomic mass is 16.2. The second-order valence-electron chi connectivity index (χ2n) is 4.63. The average Bonchev–Trinajstić information content (AvgIpc) is 2.53. The van der Waals surface area contributed by atoms with Crippen molar-refractivity contribution < 1.29 is 9.59 Å². The SMILES string of the molecule is CN(C)C(=O)CNC(=O)c1cnc(-c2ccccc2)nc1. The molecule has 2 rings (SSSR count). The summed E-state index contributed by atoms with van der Waals surface area (Å²) in [6.45, 7) is -0.0493. The molecule has 6 nitrogen and oxygen atoms in total. The molecule has 0 atom stereocenters. The number of likely N-dealkylation sites (N-methyl/N-ethyl adjacent to an activating group) is 1. The first-order valence-corrected chi connectivity index (χ1v) is 6.44. The number of benzene rings is 1. The Morgan fingerprint density at radius 3 is 2.29 bits per heavy atom. The van der Waals surface area contributed by atoms with E-state index in [4.69, 9.17) is 0 Å². The molecular weight excluding hydrogens is 268 g/mol. The summed E-state index contributed by atoms with van der Waals surface area (Å²) >= 11 is 0. The Balaban J connectivity index is 2.02. The molecule has 1 aromatic carbocycles. The van der Waals surface area contributed by atoms with E-state index >= 15 is 0 Å². The second-order valence-corrected chi connectivity index (χ2v) is 4.63. The summed E-state index contributed by atoms with van der Waals surface area (Å²) in [5.41, 5.74) is 1.20. The van der Waals surface area contributed by atoms with Crippen LogP contribution in [0.4, 0.5) is 0 Å². The normalized spacial score (nSPS) is 10.0. The summed E-state index contributed by atoms with van der Waals surface area (Å²) in [5.74, 6) is 0.00602. The minimum absolute atomic E-state index is 0.0493. The zero-order chi connectivity index (χ0) is 15.2. The van der Waals surface area contributed by atoms with Gasteiger partial charge in [0, 0.05) is 32.1 Å². The summed E-state index contributed by atoms with van der Waals surface area (Å²) in [7, 11) is 3.26. The summed E-state index contributed by atoms with van der Waals surface area (Å²) in [6.07, 6.45) is 2.90. The van der Waals surface area contributed by atoms with E-state index < -0.39 is 0 Å². The number of hydrogen-bond acceptors (Lipinski definition) is 4. The van der Waals surface area contributed by atoms with Gasteiger partial charge in [-0.2, -0.15) is 0 Å². The fourth-order valence-electron chi connectivity index (χ4n) is 1.60. The Kier molecular flexibility index (Phi) is 4.61. The van der Waals surface area contributed by atoms with Crippen molar-refractivity contribution in [3.8, 4) is 11.4 Å². The van der Waals surface area contributed by atoms with Crippen LogP contribution in [0.3, 0.4) is 0 Å². The zero-order valence-corrected chi connectivity index (χ0v) is 11.9. The minimum atomic E-state index is -0.371. The van der Waals surface area contributed by atoms with Crippen LogP contribution in [0.15, 0.2) is 42.7 Å². The lowest BCUT2D eigenvalue weighted by atomic mass is 10.2. The van der Waals surface area contributed by atoms with Gasteiger partial charge in [-0.3, -0.25) is 9.59 Å². The monoisotopic (exact) mass is 284 g/mol. The molecule has 0 aliphatic rings. The molecule has 1 aromatic heterocycles. The van der Waals surface area contributed by atoms with E-state index in [9.17, 15) is 9.59 Å². The molecule has 0 aliphatic heterocycles. The standard InChI is InChI=1S/C15H16N4O2/c1-19(2)13(20)10-18-15(21)12-8-16-14(17-9-12)11-6-4-3-5-7-11/h3-9H,10H2,1-2H3,(H,18,21). The van der Waals surface area contributed by atoms with Gasteiger partial charge in [-0.1, -0.05) is 30.3 Å². The van der Waals surface area contributed by atoms with Crippen LogP contribution in [0, 0.1) is 0 Å². The van der Waals surface area contributed by atoms with Gasteiger partial charge >= 0.3 is 0 Å². The Labute approximate surface area is 122 Å². The lowest BCUT2D eigenvalue weighted by Crippen LogP contribution is -2.36. The molecule has 2 amide bonds. The van der Waals surface area contributed by atoms with E-state index in [-0.39, 0.29) is 18.4 Å². The minimum Gasteiger partial charge on any atom is -0.347 e. The zero-order valence-electron chi connectivity index (χ0n) is 11.9. The maximum Gasteiger partial charge on any atom is 0.254 e. The molecule has 0 bridgehead atoms. The number of hydrogen-bond donors (Lipinski definition) is 1. The average molecular weight is 284 g/mol. The Morgan fingerprint density at radius 2 is 1.71 bits per heavy atom. The summed E-state index contributed by atoms with van der Waals surface area (Å²) in [4.78, 5) is 33.0. The van der Waals surface area contributed by atoms with Gasteiger partial charge in [0.2, 0.25) is 5.91 Å². The summed E-state index contributed by atoms with van der Waals surface area (Å²) in [5, 5.41) is 2.53. The van der Waals surface area contributed by atoms with Gasteiger partial charge in [0.25, 0.3) is 5.91 Å². The molecular formula is C15H16N4O2. The molecule has 6 heteroatoms. The molecule has 0 aliphatic carbocycles. The Hall–Kier alpha value is -2.76. The van der Waals surface area contributed by atoms with Crippen LogP contribution in [-0.4, -0.2) is 47.3 Å². The summed E-state index contributed by atoms with van der Waals surface area (Å²) in [6, 6.07) is 9.49. The van der Waals surface area contributed by atoms with Crippen LogP contribution in [0.25, 0.3) is 11.4 Å². The second kappa shape index (κ2) is 6.60. The largest absolute Gasteiger partial charge is 0.347 e. The maximum atomic E-state index is 11.9. The predicted molar refractivity (Wildman–Crippen MR) is 78.5 cm³/mol. The van der Waals surface area contributed by atoms with E-state index in [2.05, 4.69) is 15.3 Å². The van der Waals surface area contributed by atoms with E-state index in [1.807, 2.05) is 30.3 Å². The topological polar surface area (TPSA) is 75.2 Å². The van der Waals surface area contributed by atoms with Gasteiger partial charge in [-0.15, -0.1) is 0 Å². The van der Waals surface area contributed by atoms with Crippen molar-refractivity contribution >= 4 is 11.8 Å². The molecule has 0 fully saturated rings. The van der Waals surface area contributed by atoms with Crippen molar-refractivity contribution in [3.63, 3.8) is 0 Å². The fraction of sp³-hybridized carbons (Fsp3) is 0.200. The molecule has 0 saturated carbocycles. The highest BCUT2D eigenvalue weighted by Crippen LogP contribution is 2.12. The lowest BCUT2D eigenvalue weighted by molar-refractivity contribution is -0.127. The number of nitrogens with one attached hydrogen (secondary N) is 1. The number of rotatable bonds is 4. The van der Waals surface area contributed by atoms with Gasteiger partial charge in [0.15, 0.2) is 5.82 Å². The molecule has 108 valence electrons. The van der Waals surface area contributed by atoms with Gasteiger partial charge in [0.1, 0.15) is 0 Å². The van der Waals surface area contributed by atoms with E-state index in [1.165, 1.54) is 17.3 Å². The highest BCUT2D eigenvalue weighted by molar-refractivity contribution is 5.96. The van der Waals surface area contributed by atoms with Crippen LogP contribution < -0.4 is 5.32 Å². The molecule has 1 heterocycles. The van der Waals surface area contributed by atoms with Gasteiger partial charge in [-0.25, -0.2) is 9.97 Å². The molecule has 1 N–H and O–H groups in total.